The summed E-state index contributed by atoms with van der Waals surface area (Å²) in [6, 6.07) is 3.93. The Kier molecular flexibility index (Phi) is 3.01. The predicted molar refractivity (Wildman–Crippen MR) is 56.4 cm³/mol. The van der Waals surface area contributed by atoms with Crippen LogP contribution in [0.5, 0.6) is 0 Å². The van der Waals surface area contributed by atoms with Gasteiger partial charge in [-0.25, -0.2) is 0 Å². The molecule has 2 nitrogen and oxygen atoms in total. The van der Waals surface area contributed by atoms with E-state index in [1.165, 1.54) is 5.56 Å². The minimum Gasteiger partial charge on any atom is -0.472 e. The molecule has 1 N–H and O–H groups in total. The molecular weight excluding hydrogens is 196 g/mol. The number of hydrogen-bond acceptors (Lipinski definition) is 3. The molecule has 74 valence electrons. The Morgan fingerprint density at radius 1 is 1.29 bits per heavy atom. The van der Waals surface area contributed by atoms with Crippen molar-refractivity contribution < 1.29 is 9.52 Å². The van der Waals surface area contributed by atoms with E-state index in [0.29, 0.717) is 12.8 Å². The van der Waals surface area contributed by atoms with E-state index in [0.717, 1.165) is 5.56 Å². The second-order valence-corrected chi connectivity index (χ2v) is 4.11. The van der Waals surface area contributed by atoms with Crippen LogP contribution < -0.4 is 0 Å². The molecule has 0 aliphatic rings. The van der Waals surface area contributed by atoms with Crippen LogP contribution in [0, 0.1) is 0 Å². The number of rotatable bonds is 4. The van der Waals surface area contributed by atoms with E-state index in [4.69, 9.17) is 4.42 Å². The molecule has 1 atom stereocenters. The fourth-order valence-corrected chi connectivity index (χ4v) is 2.12. The fraction of sp³-hybridized carbons (Fsp3) is 0.273. The van der Waals surface area contributed by atoms with Gasteiger partial charge in [-0.15, -0.1) is 0 Å². The normalized spacial score (nSPS) is 12.9. The molecule has 0 saturated heterocycles. The number of thiophene rings is 1. The van der Waals surface area contributed by atoms with Gasteiger partial charge in [0.2, 0.25) is 0 Å². The average Bonchev–Trinajstić information content (AvgIpc) is 2.76. The van der Waals surface area contributed by atoms with Crippen LogP contribution in [0.1, 0.15) is 11.1 Å². The lowest BCUT2D eigenvalue weighted by Gasteiger charge is -2.07. The lowest BCUT2D eigenvalue weighted by molar-refractivity contribution is 0.175. The van der Waals surface area contributed by atoms with Crippen molar-refractivity contribution in [2.24, 2.45) is 0 Å². The first-order valence-corrected chi connectivity index (χ1v) is 5.49. The minimum absolute atomic E-state index is 0.317. The standard InChI is InChI=1S/C11H12O2S/c12-11(5-9-1-3-13-7-9)6-10-2-4-14-8-10/h1-4,7-8,11-12H,5-6H2. The number of aliphatic hydroxyl groups is 1. The van der Waals surface area contributed by atoms with Gasteiger partial charge in [0.15, 0.2) is 0 Å². The van der Waals surface area contributed by atoms with E-state index in [1.807, 2.05) is 17.5 Å². The third-order valence-corrected chi connectivity index (χ3v) is 2.83. The molecule has 0 aliphatic carbocycles. The Morgan fingerprint density at radius 3 is 2.79 bits per heavy atom. The van der Waals surface area contributed by atoms with Gasteiger partial charge >= 0.3 is 0 Å². The highest BCUT2D eigenvalue weighted by molar-refractivity contribution is 7.07. The molecular formula is C11H12O2S. The van der Waals surface area contributed by atoms with Gasteiger partial charge < -0.3 is 9.52 Å². The lowest BCUT2D eigenvalue weighted by Crippen LogP contribution is -2.12. The van der Waals surface area contributed by atoms with Crippen molar-refractivity contribution in [2.45, 2.75) is 18.9 Å². The van der Waals surface area contributed by atoms with Crippen molar-refractivity contribution in [3.05, 3.63) is 46.5 Å². The molecule has 0 spiro atoms. The highest BCUT2D eigenvalue weighted by Crippen LogP contribution is 2.12. The predicted octanol–water partition coefficient (Wildman–Crippen LogP) is 2.49. The van der Waals surface area contributed by atoms with Gasteiger partial charge in [-0.3, -0.25) is 0 Å². The van der Waals surface area contributed by atoms with E-state index in [9.17, 15) is 5.11 Å². The summed E-state index contributed by atoms with van der Waals surface area (Å²) in [7, 11) is 0. The Morgan fingerprint density at radius 2 is 2.14 bits per heavy atom. The summed E-state index contributed by atoms with van der Waals surface area (Å²) in [4.78, 5) is 0. The summed E-state index contributed by atoms with van der Waals surface area (Å²) in [5.74, 6) is 0. The summed E-state index contributed by atoms with van der Waals surface area (Å²) in [5.41, 5.74) is 2.25. The third-order valence-electron chi connectivity index (χ3n) is 2.10. The van der Waals surface area contributed by atoms with Crippen molar-refractivity contribution in [3.8, 4) is 0 Å². The Hall–Kier alpha value is -1.06. The summed E-state index contributed by atoms with van der Waals surface area (Å²) in [5, 5.41) is 13.9. The Bertz CT molecular complexity index is 314. The fourth-order valence-electron chi connectivity index (χ4n) is 1.43. The molecule has 2 aromatic heterocycles. The quantitative estimate of drug-likeness (QED) is 0.837. The monoisotopic (exact) mass is 208 g/mol. The molecule has 0 aromatic carbocycles. The van der Waals surface area contributed by atoms with E-state index >= 15 is 0 Å². The minimum atomic E-state index is -0.317. The average molecular weight is 208 g/mol. The topological polar surface area (TPSA) is 33.4 Å². The summed E-state index contributed by atoms with van der Waals surface area (Å²) >= 11 is 1.66. The highest BCUT2D eigenvalue weighted by Gasteiger charge is 2.07. The van der Waals surface area contributed by atoms with Crippen molar-refractivity contribution in [3.63, 3.8) is 0 Å². The smallest absolute Gasteiger partial charge is 0.0935 e. The van der Waals surface area contributed by atoms with Gasteiger partial charge in [-0.2, -0.15) is 11.3 Å². The maximum atomic E-state index is 9.76. The molecule has 2 rings (SSSR count). The second-order valence-electron chi connectivity index (χ2n) is 3.33. The third kappa shape index (κ3) is 2.47. The van der Waals surface area contributed by atoms with Crippen molar-refractivity contribution in [1.82, 2.24) is 0 Å². The van der Waals surface area contributed by atoms with Crippen LogP contribution in [0.25, 0.3) is 0 Å². The maximum absolute atomic E-state index is 9.76. The molecule has 0 aliphatic heterocycles. The van der Waals surface area contributed by atoms with Gasteiger partial charge in [0.1, 0.15) is 0 Å². The summed E-state index contributed by atoms with van der Waals surface area (Å²) < 4.78 is 4.94. The lowest BCUT2D eigenvalue weighted by atomic mass is 10.1. The van der Waals surface area contributed by atoms with Crippen LogP contribution in [0.15, 0.2) is 39.8 Å². The van der Waals surface area contributed by atoms with Gasteiger partial charge in [0.25, 0.3) is 0 Å². The molecule has 0 bridgehead atoms. The van der Waals surface area contributed by atoms with E-state index in [-0.39, 0.29) is 6.10 Å². The van der Waals surface area contributed by atoms with Gasteiger partial charge in [0.05, 0.1) is 18.6 Å². The molecule has 14 heavy (non-hydrogen) atoms. The van der Waals surface area contributed by atoms with Crippen LogP contribution in [0.4, 0.5) is 0 Å². The SMILES string of the molecule is OC(Cc1ccoc1)Cc1ccsc1. The van der Waals surface area contributed by atoms with Gasteiger partial charge in [-0.1, -0.05) is 0 Å². The largest absolute Gasteiger partial charge is 0.472 e. The zero-order valence-corrected chi connectivity index (χ0v) is 8.54. The molecule has 3 heteroatoms. The van der Waals surface area contributed by atoms with Crippen LogP contribution in [-0.2, 0) is 12.8 Å². The molecule has 0 saturated carbocycles. The number of aliphatic hydroxyl groups excluding tert-OH is 1. The van der Waals surface area contributed by atoms with E-state index in [1.54, 1.807) is 23.9 Å². The molecule has 2 aromatic rings. The summed E-state index contributed by atoms with van der Waals surface area (Å²) in [6.45, 7) is 0. The molecule has 0 fully saturated rings. The van der Waals surface area contributed by atoms with Crippen LogP contribution in [-0.4, -0.2) is 11.2 Å². The zero-order chi connectivity index (χ0) is 9.80. The Balaban J connectivity index is 1.88. The van der Waals surface area contributed by atoms with Crippen LogP contribution in [0.3, 0.4) is 0 Å². The van der Waals surface area contributed by atoms with Crippen molar-refractivity contribution >= 4 is 11.3 Å². The number of hydrogen-bond donors (Lipinski definition) is 1. The van der Waals surface area contributed by atoms with Crippen LogP contribution >= 0.6 is 11.3 Å². The first kappa shape index (κ1) is 9.49. The molecule has 0 amide bonds. The maximum Gasteiger partial charge on any atom is 0.0935 e. The first-order valence-electron chi connectivity index (χ1n) is 4.55. The zero-order valence-electron chi connectivity index (χ0n) is 7.72. The van der Waals surface area contributed by atoms with Crippen molar-refractivity contribution in [2.75, 3.05) is 0 Å². The highest BCUT2D eigenvalue weighted by atomic mass is 32.1. The van der Waals surface area contributed by atoms with Crippen LogP contribution in [0.2, 0.25) is 0 Å². The van der Waals surface area contributed by atoms with E-state index in [2.05, 4.69) is 5.38 Å². The molecule has 0 radical (unpaired) electrons. The van der Waals surface area contributed by atoms with Gasteiger partial charge in [-0.05, 0) is 40.4 Å². The van der Waals surface area contributed by atoms with Crippen molar-refractivity contribution in [1.29, 1.82) is 0 Å². The first-order chi connectivity index (χ1) is 6.84. The summed E-state index contributed by atoms with van der Waals surface area (Å²) in [6.07, 6.45) is 4.37. The number of furan rings is 1. The second kappa shape index (κ2) is 4.44. The molecule has 2 heterocycles. The van der Waals surface area contributed by atoms with Gasteiger partial charge in [0, 0.05) is 6.42 Å². The molecule has 1 unspecified atom stereocenters. The Labute approximate surface area is 86.8 Å². The van der Waals surface area contributed by atoms with E-state index < -0.39 is 0 Å².